The molecule has 0 N–H and O–H groups in total. The maximum atomic E-state index is 6.81. The lowest BCUT2D eigenvalue weighted by atomic mass is 9.94. The average Bonchev–Trinajstić information content (AvgIpc) is 4.02. The van der Waals surface area contributed by atoms with Crippen LogP contribution in [-0.4, -0.2) is 14.5 Å². The second-order valence-electron chi connectivity index (χ2n) is 14.5. The van der Waals surface area contributed by atoms with Crippen molar-refractivity contribution in [1.82, 2.24) is 14.5 Å². The van der Waals surface area contributed by atoms with Crippen LogP contribution in [0.4, 0.5) is 0 Å². The number of hydrogen-bond donors (Lipinski definition) is 0. The van der Waals surface area contributed by atoms with Crippen LogP contribution in [0.25, 0.3) is 125 Å². The van der Waals surface area contributed by atoms with Gasteiger partial charge in [0.2, 0.25) is 5.95 Å². The van der Waals surface area contributed by atoms with Gasteiger partial charge in [0, 0.05) is 53.4 Å². The zero-order chi connectivity index (χ0) is 36.5. The van der Waals surface area contributed by atoms with Crippen molar-refractivity contribution in [2.45, 2.75) is 0 Å². The third-order valence-corrected chi connectivity index (χ3v) is 12.6. The summed E-state index contributed by atoms with van der Waals surface area (Å²) >= 11 is 1.73. The van der Waals surface area contributed by atoms with E-state index in [-0.39, 0.29) is 0 Å². The van der Waals surface area contributed by atoms with Crippen molar-refractivity contribution in [2.24, 2.45) is 0 Å². The van der Waals surface area contributed by atoms with E-state index in [9.17, 15) is 0 Å². The predicted molar refractivity (Wildman–Crippen MR) is 232 cm³/mol. The molecule has 5 nitrogen and oxygen atoms in total. The second kappa shape index (κ2) is 11.1. The molecule has 0 saturated carbocycles. The Kier molecular flexibility index (Phi) is 5.98. The summed E-state index contributed by atoms with van der Waals surface area (Å²) in [5.74, 6) is 0.620. The minimum atomic E-state index is 0.620. The number of hydrogen-bond acceptors (Lipinski definition) is 5. The monoisotopic (exact) mass is 733 g/mol. The highest BCUT2D eigenvalue weighted by Crippen LogP contribution is 2.46. The molecule has 0 aliphatic carbocycles. The number of fused-ring (bicyclic) bond motifs is 15. The van der Waals surface area contributed by atoms with Gasteiger partial charge < -0.3 is 8.83 Å². The van der Waals surface area contributed by atoms with Gasteiger partial charge >= 0.3 is 0 Å². The smallest absolute Gasteiger partial charge is 0.235 e. The van der Waals surface area contributed by atoms with Gasteiger partial charge in [0.25, 0.3) is 0 Å². The Bertz CT molecular complexity index is 3770. The Morgan fingerprint density at radius 1 is 0.446 bits per heavy atom. The SMILES string of the molecule is c1ccc(-c2cc3c(oc4ccc5c(c6ccccc6n5-c5nc(-c6ccc7c(c6)oc6ccccc67)c6sc7ccccc7c6n5)c43)c3ccccc23)cc1. The average molecular weight is 734 g/mol. The Balaban J connectivity index is 1.14. The number of furan rings is 2. The quantitative estimate of drug-likeness (QED) is 0.181. The van der Waals surface area contributed by atoms with E-state index in [0.29, 0.717) is 5.95 Å². The number of para-hydroxylation sites is 2. The highest BCUT2D eigenvalue weighted by Gasteiger charge is 2.24. The molecule has 0 bridgehead atoms. The van der Waals surface area contributed by atoms with Gasteiger partial charge in [-0.25, -0.2) is 9.97 Å². The first-order chi connectivity index (χ1) is 27.8. The number of thiophene rings is 1. The van der Waals surface area contributed by atoms with Gasteiger partial charge in [0.15, 0.2) is 0 Å². The molecule has 0 spiro atoms. The molecule has 0 radical (unpaired) electrons. The van der Waals surface area contributed by atoms with Crippen molar-refractivity contribution in [3.63, 3.8) is 0 Å². The van der Waals surface area contributed by atoms with Crippen LogP contribution in [-0.2, 0) is 0 Å². The van der Waals surface area contributed by atoms with E-state index >= 15 is 0 Å². The topological polar surface area (TPSA) is 57.0 Å². The van der Waals surface area contributed by atoms with Gasteiger partial charge in [-0.05, 0) is 65.0 Å². The molecule has 5 aromatic heterocycles. The van der Waals surface area contributed by atoms with Crippen LogP contribution in [0.3, 0.4) is 0 Å². The number of aromatic nitrogens is 3. The molecule has 6 heteroatoms. The molecule has 0 amide bonds. The van der Waals surface area contributed by atoms with Crippen molar-refractivity contribution < 1.29 is 8.83 Å². The number of benzene rings is 8. The Hall–Kier alpha value is -7.28. The molecule has 260 valence electrons. The first-order valence-corrected chi connectivity index (χ1v) is 19.6. The highest BCUT2D eigenvalue weighted by atomic mass is 32.1. The van der Waals surface area contributed by atoms with Crippen molar-refractivity contribution in [2.75, 3.05) is 0 Å². The summed E-state index contributed by atoms with van der Waals surface area (Å²) in [6.07, 6.45) is 0. The number of rotatable bonds is 3. The van der Waals surface area contributed by atoms with E-state index < -0.39 is 0 Å². The van der Waals surface area contributed by atoms with Gasteiger partial charge in [0.05, 0.1) is 26.9 Å². The lowest BCUT2D eigenvalue weighted by Crippen LogP contribution is -2.02. The van der Waals surface area contributed by atoms with E-state index in [0.717, 1.165) is 97.9 Å². The lowest BCUT2D eigenvalue weighted by molar-refractivity contribution is 0.669. The standard InChI is InChI=1S/C50H27N3O2S/c1-2-12-28(13-3-1)36-27-37-45-41(55-48(37)33-16-5-4-14-30(33)36)25-24-39-44(45)34-17-6-9-19-38(34)53(39)50-51-46(49-47(52-50)35-18-8-11-21-43(35)56-49)29-22-23-32-31-15-7-10-20-40(31)54-42(32)26-29/h1-27H. The summed E-state index contributed by atoms with van der Waals surface area (Å²) in [5.41, 5.74) is 10.7. The molecule has 5 heterocycles. The Morgan fingerprint density at radius 3 is 2.07 bits per heavy atom. The molecule has 0 fully saturated rings. The first kappa shape index (κ1) is 30.1. The summed E-state index contributed by atoms with van der Waals surface area (Å²) < 4.78 is 17.7. The molecule has 0 aliphatic heterocycles. The van der Waals surface area contributed by atoms with Crippen LogP contribution >= 0.6 is 11.3 Å². The molecule has 56 heavy (non-hydrogen) atoms. The van der Waals surface area contributed by atoms with Crippen LogP contribution < -0.4 is 0 Å². The molecule has 13 aromatic rings. The van der Waals surface area contributed by atoms with Crippen LogP contribution in [0.15, 0.2) is 173 Å². The van der Waals surface area contributed by atoms with Crippen molar-refractivity contribution in [1.29, 1.82) is 0 Å². The third-order valence-electron chi connectivity index (χ3n) is 11.4. The third kappa shape index (κ3) is 4.08. The Morgan fingerprint density at radius 2 is 1.18 bits per heavy atom. The van der Waals surface area contributed by atoms with Gasteiger partial charge in [-0.3, -0.25) is 4.57 Å². The normalized spacial score (nSPS) is 12.3. The zero-order valence-electron chi connectivity index (χ0n) is 29.7. The van der Waals surface area contributed by atoms with Gasteiger partial charge in [-0.1, -0.05) is 115 Å². The summed E-state index contributed by atoms with van der Waals surface area (Å²) in [7, 11) is 0. The fourth-order valence-electron chi connectivity index (χ4n) is 8.97. The summed E-state index contributed by atoms with van der Waals surface area (Å²) in [6.45, 7) is 0. The van der Waals surface area contributed by atoms with Gasteiger partial charge in [-0.15, -0.1) is 11.3 Å². The fraction of sp³-hybridized carbons (Fsp3) is 0. The fourth-order valence-corrected chi connectivity index (χ4v) is 10.1. The minimum absolute atomic E-state index is 0.620. The van der Waals surface area contributed by atoms with E-state index in [1.807, 2.05) is 12.1 Å². The van der Waals surface area contributed by atoms with Crippen LogP contribution in [0.1, 0.15) is 0 Å². The highest BCUT2D eigenvalue weighted by molar-refractivity contribution is 7.26. The van der Waals surface area contributed by atoms with E-state index in [2.05, 4.69) is 156 Å². The second-order valence-corrected chi connectivity index (χ2v) is 15.5. The van der Waals surface area contributed by atoms with E-state index in [4.69, 9.17) is 18.8 Å². The maximum Gasteiger partial charge on any atom is 0.235 e. The maximum absolute atomic E-state index is 6.81. The molecule has 0 unspecified atom stereocenters. The van der Waals surface area contributed by atoms with Crippen molar-refractivity contribution in [3.05, 3.63) is 164 Å². The number of nitrogens with zero attached hydrogens (tertiary/aromatic N) is 3. The molecule has 13 rings (SSSR count). The molecule has 0 aliphatic rings. The van der Waals surface area contributed by atoms with Gasteiger partial charge in [0.1, 0.15) is 22.3 Å². The summed E-state index contributed by atoms with van der Waals surface area (Å²) in [5, 5.41) is 10.0. The first-order valence-electron chi connectivity index (χ1n) is 18.7. The largest absolute Gasteiger partial charge is 0.456 e. The molecular weight excluding hydrogens is 707 g/mol. The minimum Gasteiger partial charge on any atom is -0.456 e. The molecule has 0 atom stereocenters. The van der Waals surface area contributed by atoms with Crippen molar-refractivity contribution in [3.8, 4) is 28.3 Å². The van der Waals surface area contributed by atoms with Gasteiger partial charge in [-0.2, -0.15) is 0 Å². The summed E-state index contributed by atoms with van der Waals surface area (Å²) in [4.78, 5) is 10.9. The predicted octanol–water partition coefficient (Wildman–Crippen LogP) is 14.2. The molecule has 8 aromatic carbocycles. The van der Waals surface area contributed by atoms with Crippen LogP contribution in [0.2, 0.25) is 0 Å². The summed E-state index contributed by atoms with van der Waals surface area (Å²) in [6, 6.07) is 57.6. The van der Waals surface area contributed by atoms with E-state index in [1.165, 1.54) is 21.2 Å². The molecular formula is C50H27N3O2S. The van der Waals surface area contributed by atoms with Crippen LogP contribution in [0.5, 0.6) is 0 Å². The lowest BCUT2D eigenvalue weighted by Gasteiger charge is -2.10. The Labute approximate surface area is 322 Å². The van der Waals surface area contributed by atoms with Crippen molar-refractivity contribution >= 4 is 108 Å². The molecule has 0 saturated heterocycles. The van der Waals surface area contributed by atoms with Crippen LogP contribution in [0, 0.1) is 0 Å². The zero-order valence-corrected chi connectivity index (χ0v) is 30.5. The van der Waals surface area contributed by atoms with E-state index in [1.54, 1.807) is 11.3 Å².